The normalized spacial score (nSPS) is 10.3. The fourth-order valence-corrected chi connectivity index (χ4v) is 1.46. The van der Waals surface area contributed by atoms with E-state index < -0.39 is 0 Å². The minimum atomic E-state index is 0.468. The summed E-state index contributed by atoms with van der Waals surface area (Å²) in [6.45, 7) is 2.74. The zero-order valence-corrected chi connectivity index (χ0v) is 10.4. The van der Waals surface area contributed by atoms with Crippen LogP contribution in [0, 0.1) is 0 Å². The second kappa shape index (κ2) is 5.01. The summed E-state index contributed by atoms with van der Waals surface area (Å²) in [7, 11) is 1.84. The number of halogens is 1. The Balaban J connectivity index is 2.22. The summed E-state index contributed by atoms with van der Waals surface area (Å²) in [5, 5.41) is 10.6. The van der Waals surface area contributed by atoms with E-state index in [2.05, 4.69) is 25.7 Å². The number of aromatic nitrogens is 4. The van der Waals surface area contributed by atoms with E-state index in [9.17, 15) is 0 Å². The van der Waals surface area contributed by atoms with Crippen molar-refractivity contribution >= 4 is 29.1 Å². The second-order valence-corrected chi connectivity index (χ2v) is 3.86. The van der Waals surface area contributed by atoms with Crippen molar-refractivity contribution in [1.82, 2.24) is 19.7 Å². The molecule has 2 N–H and O–H groups in total. The highest BCUT2D eigenvalue weighted by molar-refractivity contribution is 6.32. The monoisotopic (exact) mass is 252 g/mol. The summed E-state index contributed by atoms with van der Waals surface area (Å²) >= 11 is 6.01. The van der Waals surface area contributed by atoms with Crippen LogP contribution in [0.1, 0.15) is 6.92 Å². The molecule has 7 heteroatoms. The van der Waals surface area contributed by atoms with Gasteiger partial charge in [-0.3, -0.25) is 4.68 Å². The molecule has 0 saturated heterocycles. The highest BCUT2D eigenvalue weighted by Crippen LogP contribution is 2.23. The molecule has 0 radical (unpaired) electrons. The summed E-state index contributed by atoms with van der Waals surface area (Å²) in [5.41, 5.74) is 0.829. The van der Waals surface area contributed by atoms with Crippen molar-refractivity contribution in [3.8, 4) is 0 Å². The third-order valence-electron chi connectivity index (χ3n) is 2.05. The maximum Gasteiger partial charge on any atom is 0.224 e. The predicted molar refractivity (Wildman–Crippen MR) is 67.7 cm³/mol. The molecule has 0 aliphatic rings. The minimum absolute atomic E-state index is 0.468. The largest absolute Gasteiger partial charge is 0.354 e. The van der Waals surface area contributed by atoms with Gasteiger partial charge in [-0.25, -0.2) is 4.98 Å². The lowest BCUT2D eigenvalue weighted by Crippen LogP contribution is -2.04. The van der Waals surface area contributed by atoms with Gasteiger partial charge in [0.05, 0.1) is 18.1 Å². The second-order valence-electron chi connectivity index (χ2n) is 3.45. The fourth-order valence-electron chi connectivity index (χ4n) is 1.32. The van der Waals surface area contributed by atoms with Gasteiger partial charge in [-0.05, 0) is 6.92 Å². The summed E-state index contributed by atoms with van der Waals surface area (Å²) in [6.07, 6.45) is 5.10. The molecule has 0 unspecified atom stereocenters. The van der Waals surface area contributed by atoms with E-state index in [1.54, 1.807) is 17.1 Å². The Hall–Kier alpha value is -1.82. The van der Waals surface area contributed by atoms with E-state index in [1.807, 2.05) is 20.2 Å². The van der Waals surface area contributed by atoms with Crippen molar-refractivity contribution in [3.63, 3.8) is 0 Å². The van der Waals surface area contributed by atoms with Crippen LogP contribution in [0.3, 0.4) is 0 Å². The van der Waals surface area contributed by atoms with Crippen LogP contribution in [-0.2, 0) is 7.05 Å². The van der Waals surface area contributed by atoms with Crippen molar-refractivity contribution in [3.05, 3.63) is 23.6 Å². The van der Waals surface area contributed by atoms with Gasteiger partial charge in [0.2, 0.25) is 5.95 Å². The lowest BCUT2D eigenvalue weighted by molar-refractivity contribution is 0.768. The van der Waals surface area contributed by atoms with Gasteiger partial charge >= 0.3 is 0 Å². The number of anilines is 3. The molecule has 0 saturated carbocycles. The minimum Gasteiger partial charge on any atom is -0.354 e. The molecule has 0 aliphatic carbocycles. The van der Waals surface area contributed by atoms with E-state index in [1.165, 1.54) is 0 Å². The quantitative estimate of drug-likeness (QED) is 0.872. The van der Waals surface area contributed by atoms with Crippen molar-refractivity contribution in [2.45, 2.75) is 6.92 Å². The van der Waals surface area contributed by atoms with Gasteiger partial charge < -0.3 is 10.6 Å². The van der Waals surface area contributed by atoms with E-state index in [4.69, 9.17) is 11.6 Å². The molecule has 0 atom stereocenters. The number of nitrogens with one attached hydrogen (secondary N) is 2. The fraction of sp³-hybridized carbons (Fsp3) is 0.300. The van der Waals surface area contributed by atoms with Gasteiger partial charge in [-0.2, -0.15) is 10.1 Å². The van der Waals surface area contributed by atoms with E-state index in [0.29, 0.717) is 16.8 Å². The van der Waals surface area contributed by atoms with Crippen LogP contribution < -0.4 is 10.6 Å². The highest BCUT2D eigenvalue weighted by Gasteiger charge is 2.06. The Morgan fingerprint density at radius 2 is 2.24 bits per heavy atom. The number of hydrogen-bond acceptors (Lipinski definition) is 5. The molecule has 17 heavy (non-hydrogen) atoms. The smallest absolute Gasteiger partial charge is 0.224 e. The van der Waals surface area contributed by atoms with Crippen LogP contribution in [0.5, 0.6) is 0 Å². The molecule has 6 nitrogen and oxygen atoms in total. The first kappa shape index (κ1) is 11.7. The average molecular weight is 253 g/mol. The maximum atomic E-state index is 6.01. The van der Waals surface area contributed by atoms with Gasteiger partial charge in [-0.15, -0.1) is 0 Å². The Labute approximate surface area is 104 Å². The van der Waals surface area contributed by atoms with Crippen LogP contribution in [-0.4, -0.2) is 26.3 Å². The molecule has 0 aliphatic heterocycles. The van der Waals surface area contributed by atoms with Crippen molar-refractivity contribution in [2.24, 2.45) is 7.05 Å². The van der Waals surface area contributed by atoms with Crippen LogP contribution in [0.25, 0.3) is 0 Å². The van der Waals surface area contributed by atoms with Crippen molar-refractivity contribution in [2.75, 3.05) is 17.2 Å². The Bertz CT molecular complexity index is 509. The predicted octanol–water partition coefficient (Wildman–Crippen LogP) is 2.04. The first-order valence-electron chi connectivity index (χ1n) is 5.21. The molecule has 0 amide bonds. The summed E-state index contributed by atoms with van der Waals surface area (Å²) < 4.78 is 1.70. The average Bonchev–Trinajstić information content (AvgIpc) is 2.69. The van der Waals surface area contributed by atoms with Crippen molar-refractivity contribution < 1.29 is 0 Å². The van der Waals surface area contributed by atoms with Gasteiger partial charge in [0.1, 0.15) is 5.02 Å². The van der Waals surface area contributed by atoms with E-state index in [-0.39, 0.29) is 0 Å². The van der Waals surface area contributed by atoms with Crippen LogP contribution in [0.4, 0.5) is 17.5 Å². The number of nitrogens with zero attached hydrogens (tertiary/aromatic N) is 4. The van der Waals surface area contributed by atoms with Crippen molar-refractivity contribution in [1.29, 1.82) is 0 Å². The molecular formula is C10H13ClN6. The molecular weight excluding hydrogens is 240 g/mol. The SMILES string of the molecule is CCNc1ncc(Cl)c(Nc2cnn(C)c2)n1. The van der Waals surface area contributed by atoms with Crippen LogP contribution in [0.2, 0.25) is 5.02 Å². The molecule has 2 heterocycles. The third kappa shape index (κ3) is 2.85. The van der Waals surface area contributed by atoms with Gasteiger partial charge in [-0.1, -0.05) is 11.6 Å². The van der Waals surface area contributed by atoms with Gasteiger partial charge in [0, 0.05) is 19.8 Å². The van der Waals surface area contributed by atoms with E-state index >= 15 is 0 Å². The molecule has 2 aromatic rings. The Morgan fingerprint density at radius 1 is 1.41 bits per heavy atom. The van der Waals surface area contributed by atoms with Gasteiger partial charge in [0.15, 0.2) is 5.82 Å². The van der Waals surface area contributed by atoms with Gasteiger partial charge in [0.25, 0.3) is 0 Å². The lowest BCUT2D eigenvalue weighted by atomic mass is 10.5. The lowest BCUT2D eigenvalue weighted by Gasteiger charge is -2.07. The zero-order valence-electron chi connectivity index (χ0n) is 9.61. The summed E-state index contributed by atoms with van der Waals surface area (Å²) in [5.74, 6) is 1.11. The topological polar surface area (TPSA) is 67.7 Å². The molecule has 2 aromatic heterocycles. The molecule has 0 bridgehead atoms. The maximum absolute atomic E-state index is 6.01. The highest BCUT2D eigenvalue weighted by atomic mass is 35.5. The third-order valence-corrected chi connectivity index (χ3v) is 2.32. The Kier molecular flexibility index (Phi) is 3.43. The number of aryl methyl sites for hydroxylation is 1. The molecule has 0 aromatic carbocycles. The molecule has 2 rings (SSSR count). The summed E-state index contributed by atoms with van der Waals surface area (Å²) in [6, 6.07) is 0. The molecule has 0 spiro atoms. The molecule has 90 valence electrons. The first-order valence-corrected chi connectivity index (χ1v) is 5.59. The summed E-state index contributed by atoms with van der Waals surface area (Å²) in [4.78, 5) is 8.32. The number of rotatable bonds is 4. The van der Waals surface area contributed by atoms with E-state index in [0.717, 1.165) is 12.2 Å². The zero-order chi connectivity index (χ0) is 12.3. The van der Waals surface area contributed by atoms with Crippen LogP contribution in [0.15, 0.2) is 18.6 Å². The number of hydrogen-bond donors (Lipinski definition) is 2. The first-order chi connectivity index (χ1) is 8.19. The van der Waals surface area contributed by atoms with Crippen LogP contribution >= 0.6 is 11.6 Å². The Morgan fingerprint density at radius 3 is 2.88 bits per heavy atom. The molecule has 0 fully saturated rings. The standard InChI is InChI=1S/C10H13ClN6/c1-3-12-10-13-5-8(11)9(16-10)15-7-4-14-17(2)6-7/h4-6H,3H2,1-2H3,(H2,12,13,15,16).